The molecule has 0 aliphatic carbocycles. The van der Waals surface area contributed by atoms with E-state index in [0.29, 0.717) is 17.5 Å². The number of carbonyl (C=O) groups excluding carboxylic acids is 2. The summed E-state index contributed by atoms with van der Waals surface area (Å²) >= 11 is 0. The topological polar surface area (TPSA) is 71.1 Å². The van der Waals surface area contributed by atoms with E-state index < -0.39 is 34.4 Å². The van der Waals surface area contributed by atoms with Gasteiger partial charge in [0.1, 0.15) is 16.1 Å². The van der Waals surface area contributed by atoms with Gasteiger partial charge in [-0.15, -0.1) is 36.1 Å². The van der Waals surface area contributed by atoms with E-state index in [1.165, 1.54) is 0 Å². The Balaban J connectivity index is 2.04. The van der Waals surface area contributed by atoms with Crippen molar-refractivity contribution in [1.82, 2.24) is 0 Å². The highest BCUT2D eigenvalue weighted by Crippen LogP contribution is 2.17. The van der Waals surface area contributed by atoms with Crippen molar-refractivity contribution in [2.45, 2.75) is 71.3 Å². The Kier molecular flexibility index (Phi) is 13.9. The number of hydrogen-bond donors (Lipinski definition) is 0. The van der Waals surface area contributed by atoms with Gasteiger partial charge in [0, 0.05) is 6.42 Å². The fourth-order valence-corrected chi connectivity index (χ4v) is 9.42. The number of unbranched alkanes of at least 4 members (excludes halogenated alkanes) is 3. The van der Waals surface area contributed by atoms with Gasteiger partial charge in [-0.2, -0.15) is 0 Å². The number of benzene rings is 2. The first kappa shape index (κ1) is 33.9. The van der Waals surface area contributed by atoms with E-state index in [1.54, 1.807) is 24.3 Å². The number of rotatable bonds is 19. The highest BCUT2D eigenvalue weighted by molar-refractivity contribution is 7.00. The van der Waals surface area contributed by atoms with Gasteiger partial charge in [-0.3, -0.25) is 9.78 Å². The molecule has 41 heavy (non-hydrogen) atoms. The normalized spacial score (nSPS) is 11.5. The summed E-state index contributed by atoms with van der Waals surface area (Å²) in [6.45, 7) is 22.3. The smallest absolute Gasteiger partial charge is 0.290 e. The van der Waals surface area contributed by atoms with Crippen LogP contribution in [0.4, 0.5) is 0 Å². The molecule has 0 spiro atoms. The average Bonchev–Trinajstić information content (AvgIpc) is 3.02. The van der Waals surface area contributed by atoms with Crippen LogP contribution in [-0.4, -0.2) is 34.4 Å². The molecule has 0 unspecified atom stereocenters. The van der Waals surface area contributed by atoms with E-state index in [9.17, 15) is 9.59 Å². The van der Waals surface area contributed by atoms with Crippen molar-refractivity contribution in [1.29, 1.82) is 0 Å². The van der Waals surface area contributed by atoms with Gasteiger partial charge in [0.25, 0.3) is 0 Å². The predicted octanol–water partition coefficient (Wildman–Crippen LogP) is 7.11. The minimum atomic E-state index is -2.01. The Morgan fingerprint density at radius 2 is 1.05 bits per heavy atom. The maximum Gasteiger partial charge on any atom is 0.373 e. The second-order valence-electron chi connectivity index (χ2n) is 9.97. The summed E-state index contributed by atoms with van der Waals surface area (Å²) in [4.78, 5) is 46.2. The molecule has 0 fully saturated rings. The average molecular weight is 593 g/mol. The lowest BCUT2D eigenvalue weighted by molar-refractivity contribution is -0.421. The summed E-state index contributed by atoms with van der Waals surface area (Å²) in [5.41, 5.74) is 8.58. The monoisotopic (exact) mass is 592 g/mol. The van der Waals surface area contributed by atoms with Crippen LogP contribution in [0.1, 0.15) is 73.6 Å². The Bertz CT molecular complexity index is 1070. The minimum absolute atomic E-state index is 0.327. The SMILES string of the molecule is C=C[Si](C=C)(CC)c1ccc(C(=O)OOC(CCCCCC)OOC(=O)c2ccc([Si](C=C)(C=C)CC)cc2)cc1. The van der Waals surface area contributed by atoms with E-state index in [-0.39, 0.29) is 0 Å². The van der Waals surface area contributed by atoms with Crippen LogP contribution in [0.2, 0.25) is 12.1 Å². The zero-order chi connectivity index (χ0) is 30.3. The lowest BCUT2D eigenvalue weighted by atomic mass is 10.1. The molecule has 0 aliphatic rings. The number of carbonyl (C=O) groups is 2. The third-order valence-electron chi connectivity index (χ3n) is 7.70. The molecule has 2 rings (SSSR count). The molecule has 0 saturated heterocycles. The fraction of sp³-hybridized carbons (Fsp3) is 0.333. The van der Waals surface area contributed by atoms with Crippen molar-refractivity contribution in [3.8, 4) is 0 Å². The molecule has 0 heterocycles. The van der Waals surface area contributed by atoms with E-state index >= 15 is 0 Å². The van der Waals surface area contributed by atoms with E-state index in [1.807, 2.05) is 47.1 Å². The lowest BCUT2D eigenvalue weighted by Gasteiger charge is -2.23. The van der Waals surface area contributed by atoms with Crippen LogP contribution in [0.3, 0.4) is 0 Å². The van der Waals surface area contributed by atoms with Crippen LogP contribution < -0.4 is 10.4 Å². The first-order valence-electron chi connectivity index (χ1n) is 14.3. The highest BCUT2D eigenvalue weighted by atomic mass is 28.3. The third-order valence-corrected chi connectivity index (χ3v) is 15.8. The zero-order valence-electron chi connectivity index (χ0n) is 24.7. The first-order valence-corrected chi connectivity index (χ1v) is 19.0. The summed E-state index contributed by atoms with van der Waals surface area (Å²) in [6, 6.07) is 16.2. The quantitative estimate of drug-likeness (QED) is 0.0569. The molecule has 0 saturated carbocycles. The van der Waals surface area contributed by atoms with E-state index in [2.05, 4.69) is 47.1 Å². The van der Waals surface area contributed by atoms with Crippen LogP contribution in [0.25, 0.3) is 0 Å². The summed E-state index contributed by atoms with van der Waals surface area (Å²) in [5, 5.41) is 2.22. The Labute approximate surface area is 247 Å². The van der Waals surface area contributed by atoms with Crippen LogP contribution in [-0.2, 0) is 19.6 Å². The fourth-order valence-electron chi connectivity index (χ4n) is 4.60. The van der Waals surface area contributed by atoms with Gasteiger partial charge in [0.05, 0.1) is 11.1 Å². The molecular weight excluding hydrogens is 549 g/mol. The van der Waals surface area contributed by atoms with Crippen molar-refractivity contribution in [2.75, 3.05) is 0 Å². The van der Waals surface area contributed by atoms with Gasteiger partial charge in [-0.1, -0.05) is 97.5 Å². The van der Waals surface area contributed by atoms with Gasteiger partial charge in [0.2, 0.25) is 6.29 Å². The van der Waals surface area contributed by atoms with Gasteiger partial charge in [0.15, 0.2) is 0 Å². The molecular formula is C33H44O6Si2. The molecule has 2 aromatic rings. The minimum Gasteiger partial charge on any atom is -0.290 e. The second-order valence-corrected chi connectivity index (χ2v) is 18.3. The summed E-state index contributed by atoms with van der Waals surface area (Å²) < 4.78 is 0. The zero-order valence-corrected chi connectivity index (χ0v) is 26.7. The van der Waals surface area contributed by atoms with Gasteiger partial charge >= 0.3 is 11.9 Å². The van der Waals surface area contributed by atoms with E-state index in [4.69, 9.17) is 19.6 Å². The molecule has 8 heteroatoms. The maximum atomic E-state index is 12.7. The maximum absolute atomic E-state index is 12.7. The Hall–Kier alpha value is -3.31. The molecule has 2 aromatic carbocycles. The molecule has 0 radical (unpaired) electrons. The summed E-state index contributed by atoms with van der Waals surface area (Å²) in [6.07, 6.45) is 3.10. The Morgan fingerprint density at radius 1 is 0.659 bits per heavy atom. The van der Waals surface area contributed by atoms with Crippen LogP contribution in [0, 0.1) is 0 Å². The molecule has 0 atom stereocenters. The molecule has 0 aliphatic heterocycles. The first-order chi connectivity index (χ1) is 19.8. The van der Waals surface area contributed by atoms with Crippen molar-refractivity contribution in [3.05, 3.63) is 109 Å². The second kappa shape index (κ2) is 16.8. The van der Waals surface area contributed by atoms with Crippen LogP contribution in [0.15, 0.2) is 97.6 Å². The molecule has 220 valence electrons. The van der Waals surface area contributed by atoms with Crippen molar-refractivity contribution < 1.29 is 29.1 Å². The van der Waals surface area contributed by atoms with Crippen LogP contribution in [0.5, 0.6) is 0 Å². The largest absolute Gasteiger partial charge is 0.373 e. The lowest BCUT2D eigenvalue weighted by Crippen LogP contribution is -2.43. The predicted molar refractivity (Wildman–Crippen MR) is 171 cm³/mol. The standard InChI is InChI=1S/C33H44O6Si2/c1-8-15-16-17-18-31(36-38-32(34)27-19-23-29(24-20-27)40(9-2,10-3)11-4)37-39-33(35)28-21-25-30(26-22-28)41(12-5,13-6)14-7/h9-10,12-13,19-26,31H,2-3,5-6,8,11,14-18H2,1,4,7H3. The highest BCUT2D eigenvalue weighted by Gasteiger charge is 2.28. The molecule has 0 aromatic heterocycles. The van der Waals surface area contributed by atoms with Gasteiger partial charge in [-0.05, 0) is 42.8 Å². The molecule has 6 nitrogen and oxygen atoms in total. The van der Waals surface area contributed by atoms with Gasteiger partial charge < -0.3 is 0 Å². The molecule has 0 bridgehead atoms. The van der Waals surface area contributed by atoms with Gasteiger partial charge in [-0.25, -0.2) is 9.59 Å². The molecule has 0 amide bonds. The summed E-state index contributed by atoms with van der Waals surface area (Å²) in [7, 11) is -4.02. The van der Waals surface area contributed by atoms with Crippen molar-refractivity contribution in [2.24, 2.45) is 0 Å². The third kappa shape index (κ3) is 8.84. The van der Waals surface area contributed by atoms with Crippen molar-refractivity contribution in [3.63, 3.8) is 0 Å². The number of hydrogen-bond acceptors (Lipinski definition) is 6. The summed E-state index contributed by atoms with van der Waals surface area (Å²) in [5.74, 6) is -1.34. The molecule has 0 N–H and O–H groups in total. The Morgan fingerprint density at radius 3 is 1.37 bits per heavy atom. The van der Waals surface area contributed by atoms with Crippen LogP contribution >= 0.6 is 0 Å². The van der Waals surface area contributed by atoms with E-state index in [0.717, 1.165) is 48.1 Å². The van der Waals surface area contributed by atoms with Crippen molar-refractivity contribution >= 4 is 38.5 Å².